The number of nitrogens with one attached hydrogen (secondary N) is 2. The second-order valence-electron chi connectivity index (χ2n) is 5.52. The fourth-order valence-electron chi connectivity index (χ4n) is 2.96. The number of imidazole rings is 1. The minimum atomic E-state index is 0.579. The third kappa shape index (κ3) is 2.56. The van der Waals surface area contributed by atoms with Gasteiger partial charge in [0.2, 0.25) is 0 Å². The number of hydrogen-bond acceptors (Lipinski definition) is 3. The zero-order valence-corrected chi connectivity index (χ0v) is 11.6. The minimum Gasteiger partial charge on any atom is -0.348 e. The van der Waals surface area contributed by atoms with Crippen molar-refractivity contribution in [3.8, 4) is 0 Å². The van der Waals surface area contributed by atoms with Crippen molar-refractivity contribution in [1.29, 1.82) is 0 Å². The summed E-state index contributed by atoms with van der Waals surface area (Å²) in [6, 6.07) is 0. The van der Waals surface area contributed by atoms with E-state index in [9.17, 15) is 0 Å². The van der Waals surface area contributed by atoms with Crippen LogP contribution in [0.2, 0.25) is 0 Å². The molecule has 5 heteroatoms. The van der Waals surface area contributed by atoms with E-state index in [2.05, 4.69) is 38.9 Å². The average molecular weight is 259 g/mol. The molecule has 1 fully saturated rings. The number of rotatable bonds is 3. The molecule has 0 aliphatic carbocycles. The van der Waals surface area contributed by atoms with Gasteiger partial charge in [0.1, 0.15) is 0 Å². The molecule has 1 aliphatic heterocycles. The molecule has 0 spiro atoms. The Morgan fingerprint density at radius 2 is 2.32 bits per heavy atom. The Labute approximate surface area is 113 Å². The van der Waals surface area contributed by atoms with Crippen LogP contribution < -0.4 is 0 Å². The second-order valence-corrected chi connectivity index (χ2v) is 5.52. The summed E-state index contributed by atoms with van der Waals surface area (Å²) >= 11 is 0. The number of H-pyrrole nitrogens is 2. The van der Waals surface area contributed by atoms with Gasteiger partial charge in [0, 0.05) is 30.4 Å². The molecule has 3 heterocycles. The fraction of sp³-hybridized carbons (Fsp3) is 0.571. The summed E-state index contributed by atoms with van der Waals surface area (Å²) in [5, 5.41) is 7.32. The van der Waals surface area contributed by atoms with E-state index in [1.54, 1.807) is 6.33 Å². The third-order valence-electron chi connectivity index (χ3n) is 4.09. The van der Waals surface area contributed by atoms with Gasteiger partial charge >= 0.3 is 0 Å². The molecule has 2 aromatic rings. The summed E-state index contributed by atoms with van der Waals surface area (Å²) in [6.07, 6.45) is 6.20. The Hall–Kier alpha value is -1.62. The van der Waals surface area contributed by atoms with Crippen LogP contribution in [0.5, 0.6) is 0 Å². The first-order valence-corrected chi connectivity index (χ1v) is 6.95. The topological polar surface area (TPSA) is 60.6 Å². The Bertz CT molecular complexity index is 542. The average Bonchev–Trinajstić information content (AvgIpc) is 3.00. The van der Waals surface area contributed by atoms with Crippen molar-refractivity contribution in [1.82, 2.24) is 25.1 Å². The largest absolute Gasteiger partial charge is 0.348 e. The summed E-state index contributed by atoms with van der Waals surface area (Å²) in [4.78, 5) is 10.0. The third-order valence-corrected chi connectivity index (χ3v) is 4.09. The maximum Gasteiger partial charge on any atom is 0.0925 e. The van der Waals surface area contributed by atoms with Gasteiger partial charge in [-0.15, -0.1) is 0 Å². The van der Waals surface area contributed by atoms with E-state index in [-0.39, 0.29) is 0 Å². The van der Waals surface area contributed by atoms with Gasteiger partial charge in [0.05, 0.1) is 18.2 Å². The van der Waals surface area contributed by atoms with Crippen LogP contribution in [0.25, 0.3) is 0 Å². The van der Waals surface area contributed by atoms with E-state index in [0.29, 0.717) is 5.92 Å². The highest BCUT2D eigenvalue weighted by Crippen LogP contribution is 2.28. The van der Waals surface area contributed by atoms with Crippen LogP contribution in [0.3, 0.4) is 0 Å². The maximum absolute atomic E-state index is 4.40. The zero-order chi connectivity index (χ0) is 13.2. The summed E-state index contributed by atoms with van der Waals surface area (Å²) in [6.45, 7) is 7.42. The lowest BCUT2D eigenvalue weighted by Crippen LogP contribution is -2.34. The Morgan fingerprint density at radius 3 is 3.00 bits per heavy atom. The summed E-state index contributed by atoms with van der Waals surface area (Å²) < 4.78 is 0. The summed E-state index contributed by atoms with van der Waals surface area (Å²) in [5.74, 6) is 0.579. The molecule has 2 N–H and O–H groups in total. The smallest absolute Gasteiger partial charge is 0.0925 e. The first-order valence-electron chi connectivity index (χ1n) is 6.95. The molecule has 1 saturated heterocycles. The SMILES string of the molecule is Cc1cn[nH]c1C1CCCN(Cc2nc[nH]c2C)C1. The van der Waals surface area contributed by atoms with Crippen LogP contribution in [0.15, 0.2) is 12.5 Å². The number of hydrogen-bond donors (Lipinski definition) is 2. The molecule has 0 amide bonds. The second kappa shape index (κ2) is 5.17. The molecule has 3 rings (SSSR count). The van der Waals surface area contributed by atoms with Gasteiger partial charge < -0.3 is 4.98 Å². The Balaban J connectivity index is 1.68. The number of aryl methyl sites for hydroxylation is 2. The maximum atomic E-state index is 4.40. The lowest BCUT2D eigenvalue weighted by Gasteiger charge is -2.32. The predicted octanol–water partition coefficient (Wildman–Crippen LogP) is 2.13. The van der Waals surface area contributed by atoms with Gasteiger partial charge in [0.25, 0.3) is 0 Å². The van der Waals surface area contributed by atoms with Crippen LogP contribution in [-0.2, 0) is 6.54 Å². The lowest BCUT2D eigenvalue weighted by molar-refractivity contribution is 0.196. The molecular formula is C14H21N5. The Kier molecular flexibility index (Phi) is 3.38. The standard InChI is InChI=1S/C14H21N5/c1-10-6-17-18-14(10)12-4-3-5-19(7-12)8-13-11(2)15-9-16-13/h6,9,12H,3-5,7-8H2,1-2H3,(H,15,16)(H,17,18). The van der Waals surface area contributed by atoms with E-state index >= 15 is 0 Å². The highest BCUT2D eigenvalue weighted by molar-refractivity contribution is 5.19. The molecule has 2 aromatic heterocycles. The van der Waals surface area contributed by atoms with E-state index < -0.39 is 0 Å². The minimum absolute atomic E-state index is 0.579. The van der Waals surface area contributed by atoms with Gasteiger partial charge in [-0.3, -0.25) is 10.00 Å². The number of aromatic nitrogens is 4. The molecule has 0 radical (unpaired) electrons. The molecule has 102 valence electrons. The van der Waals surface area contributed by atoms with Gasteiger partial charge in [-0.1, -0.05) is 0 Å². The first-order chi connectivity index (χ1) is 9.24. The highest BCUT2D eigenvalue weighted by atomic mass is 15.2. The molecule has 1 atom stereocenters. The molecule has 5 nitrogen and oxygen atoms in total. The number of aromatic amines is 2. The molecule has 0 saturated carbocycles. The van der Waals surface area contributed by atoms with Gasteiger partial charge in [0.15, 0.2) is 0 Å². The molecule has 19 heavy (non-hydrogen) atoms. The molecule has 0 bridgehead atoms. The van der Waals surface area contributed by atoms with E-state index in [1.807, 2.05) is 6.20 Å². The van der Waals surface area contributed by atoms with Gasteiger partial charge in [-0.05, 0) is 38.8 Å². The van der Waals surface area contributed by atoms with Crippen molar-refractivity contribution in [2.24, 2.45) is 0 Å². The van der Waals surface area contributed by atoms with E-state index in [4.69, 9.17) is 0 Å². The zero-order valence-electron chi connectivity index (χ0n) is 11.6. The van der Waals surface area contributed by atoms with Crippen molar-refractivity contribution in [2.75, 3.05) is 13.1 Å². The van der Waals surface area contributed by atoms with Crippen LogP contribution in [-0.4, -0.2) is 38.2 Å². The van der Waals surface area contributed by atoms with Crippen LogP contribution in [0.4, 0.5) is 0 Å². The van der Waals surface area contributed by atoms with Gasteiger partial charge in [-0.2, -0.15) is 5.10 Å². The van der Waals surface area contributed by atoms with Crippen molar-refractivity contribution in [2.45, 2.75) is 39.2 Å². The van der Waals surface area contributed by atoms with E-state index in [1.165, 1.54) is 35.5 Å². The monoisotopic (exact) mass is 259 g/mol. The lowest BCUT2D eigenvalue weighted by atomic mass is 9.93. The van der Waals surface area contributed by atoms with Crippen LogP contribution >= 0.6 is 0 Å². The first kappa shape index (κ1) is 12.4. The van der Waals surface area contributed by atoms with E-state index in [0.717, 1.165) is 19.6 Å². The molecule has 1 unspecified atom stereocenters. The normalized spacial score (nSPS) is 20.8. The number of piperidine rings is 1. The molecular weight excluding hydrogens is 238 g/mol. The number of likely N-dealkylation sites (tertiary alicyclic amines) is 1. The predicted molar refractivity (Wildman–Crippen MR) is 73.9 cm³/mol. The Morgan fingerprint density at radius 1 is 1.42 bits per heavy atom. The van der Waals surface area contributed by atoms with Crippen molar-refractivity contribution < 1.29 is 0 Å². The fourth-order valence-corrected chi connectivity index (χ4v) is 2.96. The molecule has 1 aliphatic rings. The van der Waals surface area contributed by atoms with Crippen molar-refractivity contribution >= 4 is 0 Å². The highest BCUT2D eigenvalue weighted by Gasteiger charge is 2.24. The van der Waals surface area contributed by atoms with Crippen LogP contribution in [0.1, 0.15) is 41.4 Å². The quantitative estimate of drug-likeness (QED) is 0.887. The van der Waals surface area contributed by atoms with Gasteiger partial charge in [-0.25, -0.2) is 4.98 Å². The molecule has 0 aromatic carbocycles. The van der Waals surface area contributed by atoms with Crippen LogP contribution in [0, 0.1) is 13.8 Å². The summed E-state index contributed by atoms with van der Waals surface area (Å²) in [7, 11) is 0. The van der Waals surface area contributed by atoms with Crippen molar-refractivity contribution in [3.63, 3.8) is 0 Å². The number of nitrogens with zero attached hydrogens (tertiary/aromatic N) is 3. The summed E-state index contributed by atoms with van der Waals surface area (Å²) in [5.41, 5.74) is 4.94. The van der Waals surface area contributed by atoms with Crippen molar-refractivity contribution in [3.05, 3.63) is 35.2 Å².